The van der Waals surface area contributed by atoms with Crippen molar-refractivity contribution in [2.75, 3.05) is 19.6 Å². The van der Waals surface area contributed by atoms with Gasteiger partial charge < -0.3 is 4.90 Å². The fourth-order valence-electron chi connectivity index (χ4n) is 5.14. The predicted molar refractivity (Wildman–Crippen MR) is 114 cm³/mol. The van der Waals surface area contributed by atoms with Gasteiger partial charge in [-0.15, -0.1) is 0 Å². The quantitative estimate of drug-likeness (QED) is 0.794. The Morgan fingerprint density at radius 3 is 2.48 bits per heavy atom. The molecule has 154 valence electrons. The minimum atomic E-state index is 0.211. The molecule has 1 aromatic carbocycles. The molecule has 4 rings (SSSR count). The van der Waals surface area contributed by atoms with E-state index in [1.54, 1.807) is 12.4 Å². The summed E-state index contributed by atoms with van der Waals surface area (Å²) < 4.78 is 0. The van der Waals surface area contributed by atoms with Crippen LogP contribution in [0.3, 0.4) is 0 Å². The van der Waals surface area contributed by atoms with Gasteiger partial charge in [-0.05, 0) is 52.1 Å². The number of likely N-dealkylation sites (tertiary alicyclic amines) is 2. The van der Waals surface area contributed by atoms with Gasteiger partial charge in [0.25, 0.3) is 0 Å². The number of amides is 1. The summed E-state index contributed by atoms with van der Waals surface area (Å²) in [5.41, 5.74) is 6.07. The highest BCUT2D eigenvalue weighted by Gasteiger charge is 2.41. The molecule has 0 radical (unpaired) electrons. The SMILES string of the molecule is Cc1cc(C)cc(CN2CCCC3(CCC(=O)N(Cc4cnc(C)cn4)C3)C2)c1. The Morgan fingerprint density at radius 2 is 1.76 bits per heavy atom. The highest BCUT2D eigenvalue weighted by Crippen LogP contribution is 2.39. The molecule has 1 amide bonds. The molecular weight excluding hydrogens is 360 g/mol. The molecule has 2 aromatic rings. The average Bonchev–Trinajstić information content (AvgIpc) is 2.66. The zero-order chi connectivity index (χ0) is 20.4. The summed E-state index contributed by atoms with van der Waals surface area (Å²) in [7, 11) is 0. The van der Waals surface area contributed by atoms with Gasteiger partial charge in [-0.1, -0.05) is 29.3 Å². The molecule has 29 heavy (non-hydrogen) atoms. The highest BCUT2D eigenvalue weighted by atomic mass is 16.2. The van der Waals surface area contributed by atoms with E-state index in [1.165, 1.54) is 29.5 Å². The molecule has 2 aliphatic heterocycles. The average molecular weight is 393 g/mol. The lowest BCUT2D eigenvalue weighted by molar-refractivity contribution is -0.140. The van der Waals surface area contributed by atoms with E-state index in [1.807, 2.05) is 11.8 Å². The van der Waals surface area contributed by atoms with Gasteiger partial charge in [0.2, 0.25) is 5.91 Å². The second-order valence-electron chi connectivity index (χ2n) is 9.21. The number of nitrogens with zero attached hydrogens (tertiary/aromatic N) is 4. The number of carbonyl (C=O) groups excluding carboxylic acids is 1. The first-order valence-corrected chi connectivity index (χ1v) is 10.8. The maximum Gasteiger partial charge on any atom is 0.222 e. The Morgan fingerprint density at radius 1 is 0.966 bits per heavy atom. The number of aromatic nitrogens is 2. The Hall–Kier alpha value is -2.27. The number of aryl methyl sites for hydroxylation is 3. The van der Waals surface area contributed by atoms with Gasteiger partial charge in [-0.3, -0.25) is 19.7 Å². The molecule has 1 atom stereocenters. The van der Waals surface area contributed by atoms with Gasteiger partial charge in [0.15, 0.2) is 0 Å². The molecular formula is C24H32N4O. The van der Waals surface area contributed by atoms with Crippen LogP contribution >= 0.6 is 0 Å². The molecule has 0 saturated carbocycles. The summed E-state index contributed by atoms with van der Waals surface area (Å²) in [6.07, 6.45) is 7.65. The normalized spacial score (nSPS) is 23.0. The maximum atomic E-state index is 12.6. The first-order chi connectivity index (χ1) is 13.9. The monoisotopic (exact) mass is 392 g/mol. The van der Waals surface area contributed by atoms with Crippen LogP contribution in [0.4, 0.5) is 0 Å². The van der Waals surface area contributed by atoms with Gasteiger partial charge in [0.1, 0.15) is 0 Å². The zero-order valence-electron chi connectivity index (χ0n) is 17.9. The minimum Gasteiger partial charge on any atom is -0.336 e. The van der Waals surface area contributed by atoms with E-state index in [-0.39, 0.29) is 11.3 Å². The minimum absolute atomic E-state index is 0.211. The van der Waals surface area contributed by atoms with Crippen molar-refractivity contribution in [2.45, 2.75) is 59.5 Å². The van der Waals surface area contributed by atoms with Crippen molar-refractivity contribution in [1.82, 2.24) is 19.8 Å². The van der Waals surface area contributed by atoms with Crippen LogP contribution in [0.5, 0.6) is 0 Å². The van der Waals surface area contributed by atoms with Gasteiger partial charge in [0.05, 0.1) is 24.1 Å². The smallest absolute Gasteiger partial charge is 0.222 e. The number of piperidine rings is 2. The number of carbonyl (C=O) groups is 1. The van der Waals surface area contributed by atoms with Crippen molar-refractivity contribution in [1.29, 1.82) is 0 Å². The van der Waals surface area contributed by atoms with E-state index in [2.05, 4.69) is 46.9 Å². The molecule has 2 aliphatic rings. The van der Waals surface area contributed by atoms with E-state index in [9.17, 15) is 4.79 Å². The first kappa shape index (κ1) is 20.0. The van der Waals surface area contributed by atoms with E-state index in [0.29, 0.717) is 13.0 Å². The van der Waals surface area contributed by atoms with Crippen molar-refractivity contribution < 1.29 is 4.79 Å². The third-order valence-electron chi connectivity index (χ3n) is 6.36. The van der Waals surface area contributed by atoms with Gasteiger partial charge in [-0.2, -0.15) is 0 Å². The molecule has 2 saturated heterocycles. The predicted octanol–water partition coefficient (Wildman–Crippen LogP) is 3.81. The fourth-order valence-corrected chi connectivity index (χ4v) is 5.14. The number of rotatable bonds is 4. The second-order valence-corrected chi connectivity index (χ2v) is 9.21. The van der Waals surface area contributed by atoms with E-state index in [0.717, 1.165) is 44.0 Å². The molecule has 0 bridgehead atoms. The summed E-state index contributed by atoms with van der Waals surface area (Å²) >= 11 is 0. The second kappa shape index (κ2) is 8.23. The summed E-state index contributed by atoms with van der Waals surface area (Å²) in [6.45, 7) is 10.9. The van der Waals surface area contributed by atoms with Crippen LogP contribution < -0.4 is 0 Å². The van der Waals surface area contributed by atoms with Crippen molar-refractivity contribution in [3.8, 4) is 0 Å². The van der Waals surface area contributed by atoms with Crippen molar-refractivity contribution >= 4 is 5.91 Å². The van der Waals surface area contributed by atoms with Crippen LogP contribution in [-0.4, -0.2) is 45.3 Å². The number of benzene rings is 1. The van der Waals surface area contributed by atoms with Crippen LogP contribution in [-0.2, 0) is 17.9 Å². The lowest BCUT2D eigenvalue weighted by atomic mass is 9.73. The third kappa shape index (κ3) is 4.84. The zero-order valence-corrected chi connectivity index (χ0v) is 17.9. The van der Waals surface area contributed by atoms with Gasteiger partial charge in [0, 0.05) is 37.7 Å². The molecule has 3 heterocycles. The van der Waals surface area contributed by atoms with Crippen LogP contribution in [0, 0.1) is 26.2 Å². The Balaban J connectivity index is 1.44. The van der Waals surface area contributed by atoms with Crippen LogP contribution in [0.25, 0.3) is 0 Å². The lowest BCUT2D eigenvalue weighted by Crippen LogP contribution is -2.53. The van der Waals surface area contributed by atoms with E-state index < -0.39 is 0 Å². The summed E-state index contributed by atoms with van der Waals surface area (Å²) in [4.78, 5) is 26.0. The standard InChI is InChI=1S/C24H32N4O/c1-18-9-19(2)11-21(10-18)14-27-8-4-6-24(16-27)7-5-23(29)28(17-24)15-22-13-25-20(3)12-26-22/h9-13H,4-8,14-17H2,1-3H3. The van der Waals surface area contributed by atoms with Crippen LogP contribution in [0.15, 0.2) is 30.6 Å². The van der Waals surface area contributed by atoms with Gasteiger partial charge in [-0.25, -0.2) is 0 Å². The van der Waals surface area contributed by atoms with Crippen molar-refractivity contribution in [3.05, 3.63) is 58.7 Å². The molecule has 5 heteroatoms. The molecule has 1 unspecified atom stereocenters. The Labute approximate surface area is 174 Å². The van der Waals surface area contributed by atoms with Gasteiger partial charge >= 0.3 is 0 Å². The molecule has 1 aromatic heterocycles. The number of hydrogen-bond acceptors (Lipinski definition) is 4. The molecule has 2 fully saturated rings. The van der Waals surface area contributed by atoms with Crippen molar-refractivity contribution in [2.24, 2.45) is 5.41 Å². The molecule has 0 N–H and O–H groups in total. The fraction of sp³-hybridized carbons (Fsp3) is 0.542. The Bertz CT molecular complexity index is 859. The summed E-state index contributed by atoms with van der Waals surface area (Å²) in [5, 5.41) is 0. The largest absolute Gasteiger partial charge is 0.336 e. The maximum absolute atomic E-state index is 12.6. The third-order valence-corrected chi connectivity index (χ3v) is 6.36. The summed E-state index contributed by atoms with van der Waals surface area (Å²) in [5.74, 6) is 0.254. The molecule has 0 aliphatic carbocycles. The van der Waals surface area contributed by atoms with Crippen molar-refractivity contribution in [3.63, 3.8) is 0 Å². The van der Waals surface area contributed by atoms with Crippen LogP contribution in [0.2, 0.25) is 0 Å². The van der Waals surface area contributed by atoms with E-state index >= 15 is 0 Å². The van der Waals surface area contributed by atoms with Crippen LogP contribution in [0.1, 0.15) is 53.8 Å². The highest BCUT2D eigenvalue weighted by molar-refractivity contribution is 5.77. The van der Waals surface area contributed by atoms with E-state index in [4.69, 9.17) is 0 Å². The number of hydrogen-bond donors (Lipinski definition) is 0. The first-order valence-electron chi connectivity index (χ1n) is 10.8. The lowest BCUT2D eigenvalue weighted by Gasteiger charge is -2.48. The molecule has 1 spiro atoms. The molecule has 5 nitrogen and oxygen atoms in total. The topological polar surface area (TPSA) is 49.3 Å². The summed E-state index contributed by atoms with van der Waals surface area (Å²) in [6, 6.07) is 6.85. The Kier molecular flexibility index (Phi) is 5.68.